The summed E-state index contributed by atoms with van der Waals surface area (Å²) < 4.78 is 33.5. The summed E-state index contributed by atoms with van der Waals surface area (Å²) >= 11 is 0. The van der Waals surface area contributed by atoms with E-state index in [1.807, 2.05) is 4.90 Å². The minimum absolute atomic E-state index is 0.0487. The summed E-state index contributed by atoms with van der Waals surface area (Å²) in [6.45, 7) is 5.18. The van der Waals surface area contributed by atoms with Crippen LogP contribution in [0, 0.1) is 0 Å². The highest BCUT2D eigenvalue weighted by Gasteiger charge is 2.28. The first-order chi connectivity index (χ1) is 17.3. The van der Waals surface area contributed by atoms with Crippen molar-refractivity contribution in [2.45, 2.75) is 49.6 Å². The number of amides is 1. The van der Waals surface area contributed by atoms with Gasteiger partial charge in [-0.25, -0.2) is 13.1 Å². The van der Waals surface area contributed by atoms with Crippen molar-refractivity contribution < 1.29 is 17.9 Å². The number of nitrogens with one attached hydrogen (secondary N) is 1. The van der Waals surface area contributed by atoms with Crippen LogP contribution < -0.4 is 14.4 Å². The molecule has 1 saturated heterocycles. The number of anilines is 1. The number of sulfonamides is 1. The molecule has 0 atom stereocenters. The molecule has 1 saturated carbocycles. The van der Waals surface area contributed by atoms with Gasteiger partial charge in [0.25, 0.3) is 0 Å². The van der Waals surface area contributed by atoms with Gasteiger partial charge in [-0.2, -0.15) is 0 Å². The van der Waals surface area contributed by atoms with Crippen molar-refractivity contribution in [3.63, 3.8) is 0 Å². The molecule has 36 heavy (non-hydrogen) atoms. The fourth-order valence-corrected chi connectivity index (χ4v) is 6.57. The van der Waals surface area contributed by atoms with E-state index in [2.05, 4.69) is 33.7 Å². The van der Waals surface area contributed by atoms with Crippen LogP contribution in [0.4, 0.5) is 5.69 Å². The minimum atomic E-state index is -3.51. The van der Waals surface area contributed by atoms with E-state index in [0.717, 1.165) is 63.2 Å². The van der Waals surface area contributed by atoms with Gasteiger partial charge in [0.15, 0.2) is 0 Å². The fourth-order valence-electron chi connectivity index (χ4n) is 5.26. The number of methoxy groups -OCH3 is 1. The van der Waals surface area contributed by atoms with Crippen LogP contribution in [-0.2, 0) is 34.2 Å². The molecule has 0 bridgehead atoms. The normalized spacial score (nSPS) is 19.1. The van der Waals surface area contributed by atoms with E-state index < -0.39 is 10.0 Å². The Labute approximate surface area is 214 Å². The van der Waals surface area contributed by atoms with Gasteiger partial charge in [0, 0.05) is 62.1 Å². The molecule has 2 heterocycles. The van der Waals surface area contributed by atoms with Crippen LogP contribution in [0.2, 0.25) is 0 Å². The van der Waals surface area contributed by atoms with Gasteiger partial charge in [0.2, 0.25) is 15.9 Å². The Hall–Kier alpha value is -2.62. The van der Waals surface area contributed by atoms with Crippen molar-refractivity contribution in [1.29, 1.82) is 0 Å². The summed E-state index contributed by atoms with van der Waals surface area (Å²) in [4.78, 5) is 20.2. The molecule has 2 fully saturated rings. The summed E-state index contributed by atoms with van der Waals surface area (Å²) in [6.07, 6.45) is 3.87. The molecule has 1 aliphatic carbocycles. The second-order valence-electron chi connectivity index (χ2n) is 10.2. The van der Waals surface area contributed by atoms with Gasteiger partial charge in [0.1, 0.15) is 5.75 Å². The summed E-state index contributed by atoms with van der Waals surface area (Å²) in [5.74, 6) is 0.943. The summed E-state index contributed by atoms with van der Waals surface area (Å²) in [5.41, 5.74) is 4.40. The zero-order valence-corrected chi connectivity index (χ0v) is 22.0. The summed E-state index contributed by atoms with van der Waals surface area (Å²) in [6, 6.07) is 10.9. The predicted octanol–water partition coefficient (Wildman–Crippen LogP) is 2.41. The molecule has 2 aromatic carbocycles. The number of rotatable bonds is 7. The van der Waals surface area contributed by atoms with Crippen molar-refractivity contribution in [1.82, 2.24) is 14.5 Å². The predicted molar refractivity (Wildman–Crippen MR) is 140 cm³/mol. The van der Waals surface area contributed by atoms with E-state index in [9.17, 15) is 13.2 Å². The first-order valence-corrected chi connectivity index (χ1v) is 14.3. The lowest BCUT2D eigenvalue weighted by Gasteiger charge is -2.38. The van der Waals surface area contributed by atoms with Gasteiger partial charge in [-0.15, -0.1) is 0 Å². The third-order valence-electron chi connectivity index (χ3n) is 7.78. The van der Waals surface area contributed by atoms with Crippen LogP contribution in [0.15, 0.2) is 41.3 Å². The molecule has 3 aliphatic rings. The minimum Gasteiger partial charge on any atom is -0.496 e. The van der Waals surface area contributed by atoms with Gasteiger partial charge in [-0.1, -0.05) is 18.6 Å². The molecule has 2 aromatic rings. The number of hydrogen-bond acceptors (Lipinski definition) is 6. The van der Waals surface area contributed by atoms with Gasteiger partial charge >= 0.3 is 0 Å². The number of benzene rings is 2. The Bertz CT molecular complexity index is 1200. The molecule has 9 heteroatoms. The van der Waals surface area contributed by atoms with E-state index in [1.54, 1.807) is 31.4 Å². The maximum Gasteiger partial charge on any atom is 0.240 e. The van der Waals surface area contributed by atoms with Gasteiger partial charge < -0.3 is 19.4 Å². The monoisotopic (exact) mass is 512 g/mol. The van der Waals surface area contributed by atoms with Crippen molar-refractivity contribution >= 4 is 21.6 Å². The molecular weight excluding hydrogens is 476 g/mol. The number of ether oxygens (including phenoxy) is 1. The van der Waals surface area contributed by atoms with Crippen LogP contribution in [0.25, 0.3) is 0 Å². The van der Waals surface area contributed by atoms with Gasteiger partial charge in [-0.3, -0.25) is 4.79 Å². The SMILES string of the molecule is COc1ccc(N2CCN(C)CC2)c2c1CCN(C(=O)Cc1ccc(S(=O)(=O)NC3CCC3)cc1)C2. The molecule has 0 unspecified atom stereocenters. The van der Waals surface area contributed by atoms with Crippen molar-refractivity contribution in [3.8, 4) is 5.75 Å². The fraction of sp³-hybridized carbons (Fsp3) is 0.519. The zero-order valence-electron chi connectivity index (χ0n) is 21.2. The van der Waals surface area contributed by atoms with E-state index in [1.165, 1.54) is 16.8 Å². The molecule has 0 spiro atoms. The molecule has 8 nitrogen and oxygen atoms in total. The largest absolute Gasteiger partial charge is 0.496 e. The van der Waals surface area contributed by atoms with E-state index in [-0.39, 0.29) is 23.3 Å². The summed E-state index contributed by atoms with van der Waals surface area (Å²) in [7, 11) is 0.339. The Morgan fingerprint density at radius 3 is 2.36 bits per heavy atom. The average Bonchev–Trinajstić information content (AvgIpc) is 2.86. The molecule has 2 aliphatic heterocycles. The van der Waals surface area contributed by atoms with E-state index >= 15 is 0 Å². The number of likely N-dealkylation sites (N-methyl/N-ethyl adjacent to an activating group) is 1. The third kappa shape index (κ3) is 5.23. The Morgan fingerprint density at radius 2 is 1.72 bits per heavy atom. The van der Waals surface area contributed by atoms with E-state index in [0.29, 0.717) is 13.1 Å². The molecule has 1 amide bonds. The number of hydrogen-bond donors (Lipinski definition) is 1. The topological polar surface area (TPSA) is 82.2 Å². The number of piperazine rings is 1. The Morgan fingerprint density at radius 1 is 1.00 bits per heavy atom. The van der Waals surface area contributed by atoms with Crippen LogP contribution >= 0.6 is 0 Å². The van der Waals surface area contributed by atoms with E-state index in [4.69, 9.17) is 4.74 Å². The summed E-state index contributed by atoms with van der Waals surface area (Å²) in [5, 5.41) is 0. The molecule has 0 aromatic heterocycles. The van der Waals surface area contributed by atoms with Gasteiger partial charge in [-0.05, 0) is 56.1 Å². The lowest BCUT2D eigenvalue weighted by Crippen LogP contribution is -2.45. The highest BCUT2D eigenvalue weighted by molar-refractivity contribution is 7.89. The van der Waals surface area contributed by atoms with Crippen LogP contribution in [0.3, 0.4) is 0 Å². The number of carbonyl (C=O) groups is 1. The van der Waals surface area contributed by atoms with Gasteiger partial charge in [0.05, 0.1) is 18.4 Å². The van der Waals surface area contributed by atoms with Crippen LogP contribution in [0.5, 0.6) is 5.75 Å². The average molecular weight is 513 g/mol. The Kier molecular flexibility index (Phi) is 7.23. The molecule has 194 valence electrons. The molecule has 5 rings (SSSR count). The van der Waals surface area contributed by atoms with Crippen molar-refractivity contribution in [2.24, 2.45) is 0 Å². The zero-order chi connectivity index (χ0) is 25.3. The molecular formula is C27H36N4O4S. The number of fused-ring (bicyclic) bond motifs is 1. The lowest BCUT2D eigenvalue weighted by molar-refractivity contribution is -0.131. The first-order valence-electron chi connectivity index (χ1n) is 12.9. The lowest BCUT2D eigenvalue weighted by atomic mass is 9.94. The van der Waals surface area contributed by atoms with Crippen molar-refractivity contribution in [3.05, 3.63) is 53.1 Å². The molecule has 1 N–H and O–H groups in total. The third-order valence-corrected chi connectivity index (χ3v) is 9.31. The molecule has 0 radical (unpaired) electrons. The standard InChI is InChI=1S/C27H36N4O4S/c1-29-14-16-30(17-15-29)25-10-11-26(35-2)23-12-13-31(19-24(23)25)27(32)18-20-6-8-22(9-7-20)36(33,34)28-21-4-3-5-21/h6-11,21,28H,3-5,12-19H2,1-2H3. The quantitative estimate of drug-likeness (QED) is 0.614. The smallest absolute Gasteiger partial charge is 0.240 e. The Balaban J connectivity index is 1.28. The second-order valence-corrected chi connectivity index (χ2v) is 11.9. The first kappa shape index (κ1) is 25.0. The van der Waals surface area contributed by atoms with Crippen LogP contribution in [0.1, 0.15) is 36.0 Å². The van der Waals surface area contributed by atoms with Crippen molar-refractivity contribution in [2.75, 3.05) is 51.8 Å². The van der Waals surface area contributed by atoms with Crippen LogP contribution in [-0.4, -0.2) is 77.0 Å². The number of nitrogens with zero attached hydrogens (tertiary/aromatic N) is 3. The maximum atomic E-state index is 13.3. The highest BCUT2D eigenvalue weighted by Crippen LogP contribution is 2.36. The maximum absolute atomic E-state index is 13.3. The number of carbonyl (C=O) groups excluding carboxylic acids is 1. The highest BCUT2D eigenvalue weighted by atomic mass is 32.2. The second kappa shape index (κ2) is 10.4.